The van der Waals surface area contributed by atoms with E-state index in [1.54, 1.807) is 12.1 Å². The lowest BCUT2D eigenvalue weighted by molar-refractivity contribution is -0.274. The highest BCUT2D eigenvalue weighted by atomic mass is 35.5. The van der Waals surface area contributed by atoms with Gasteiger partial charge >= 0.3 is 6.36 Å². The molecule has 0 aliphatic carbocycles. The van der Waals surface area contributed by atoms with Gasteiger partial charge in [0.05, 0.1) is 0 Å². The maximum Gasteiger partial charge on any atom is 0.573 e. The van der Waals surface area contributed by atoms with Crippen LogP contribution in [0.15, 0.2) is 24.3 Å². The van der Waals surface area contributed by atoms with Gasteiger partial charge in [-0.15, -0.1) is 24.8 Å². The number of ether oxygens (including phenoxy) is 1. The topological polar surface area (TPSA) is 9.23 Å². The molecule has 0 aromatic heterocycles. The lowest BCUT2D eigenvalue weighted by atomic mass is 9.95. The SMILES string of the molecule is CC(Cl)CC(C)c1ccccc1OC(F)(F)F. The summed E-state index contributed by atoms with van der Waals surface area (Å²) < 4.78 is 40.6. The molecular formula is C12H14ClF3O. The van der Waals surface area contributed by atoms with E-state index in [9.17, 15) is 13.2 Å². The van der Waals surface area contributed by atoms with Crippen molar-refractivity contribution >= 4 is 11.6 Å². The van der Waals surface area contributed by atoms with E-state index in [1.165, 1.54) is 12.1 Å². The molecule has 1 aromatic rings. The van der Waals surface area contributed by atoms with Crippen LogP contribution in [0.5, 0.6) is 5.75 Å². The Balaban J connectivity index is 2.91. The van der Waals surface area contributed by atoms with Crippen LogP contribution in [0.2, 0.25) is 0 Å². The minimum absolute atomic E-state index is 0.0824. The molecule has 5 heteroatoms. The number of hydrogen-bond donors (Lipinski definition) is 0. The van der Waals surface area contributed by atoms with Crippen molar-refractivity contribution in [1.82, 2.24) is 0 Å². The van der Waals surface area contributed by atoms with Crippen molar-refractivity contribution in [2.75, 3.05) is 0 Å². The minimum atomic E-state index is -4.66. The molecule has 0 saturated carbocycles. The van der Waals surface area contributed by atoms with E-state index in [0.717, 1.165) is 0 Å². The molecule has 0 radical (unpaired) electrons. The molecule has 0 fully saturated rings. The first-order valence-corrected chi connectivity index (χ1v) is 5.72. The van der Waals surface area contributed by atoms with Crippen LogP contribution in [0.25, 0.3) is 0 Å². The van der Waals surface area contributed by atoms with Crippen molar-refractivity contribution in [3.63, 3.8) is 0 Å². The molecule has 0 aliphatic heterocycles. The van der Waals surface area contributed by atoms with E-state index in [2.05, 4.69) is 4.74 Å². The number of hydrogen-bond acceptors (Lipinski definition) is 1. The number of rotatable bonds is 4. The van der Waals surface area contributed by atoms with Gasteiger partial charge in [-0.05, 0) is 30.9 Å². The number of alkyl halides is 4. The Morgan fingerprint density at radius 2 is 1.82 bits per heavy atom. The molecule has 96 valence electrons. The Morgan fingerprint density at radius 1 is 1.24 bits per heavy atom. The van der Waals surface area contributed by atoms with Crippen LogP contribution in [-0.4, -0.2) is 11.7 Å². The van der Waals surface area contributed by atoms with Crippen LogP contribution in [0.4, 0.5) is 13.2 Å². The van der Waals surface area contributed by atoms with Crippen molar-refractivity contribution in [3.05, 3.63) is 29.8 Å². The van der Waals surface area contributed by atoms with Crippen LogP contribution in [0.1, 0.15) is 31.7 Å². The molecule has 0 aliphatic rings. The van der Waals surface area contributed by atoms with Crippen molar-refractivity contribution in [2.24, 2.45) is 0 Å². The van der Waals surface area contributed by atoms with Gasteiger partial charge in [-0.25, -0.2) is 0 Å². The normalized spacial score (nSPS) is 15.4. The summed E-state index contributed by atoms with van der Waals surface area (Å²) in [5.41, 5.74) is 0.525. The van der Waals surface area contributed by atoms with Gasteiger partial charge in [0.25, 0.3) is 0 Å². The maximum absolute atomic E-state index is 12.2. The van der Waals surface area contributed by atoms with E-state index in [4.69, 9.17) is 11.6 Å². The Hall–Kier alpha value is -0.900. The first-order valence-electron chi connectivity index (χ1n) is 5.28. The summed E-state index contributed by atoms with van der Waals surface area (Å²) in [7, 11) is 0. The third-order valence-corrected chi connectivity index (χ3v) is 2.53. The van der Waals surface area contributed by atoms with Gasteiger partial charge < -0.3 is 4.74 Å². The zero-order valence-electron chi connectivity index (χ0n) is 9.59. The molecule has 0 spiro atoms. The molecule has 2 atom stereocenters. The van der Waals surface area contributed by atoms with Crippen LogP contribution in [0.3, 0.4) is 0 Å². The van der Waals surface area contributed by atoms with Crippen molar-refractivity contribution in [1.29, 1.82) is 0 Å². The van der Waals surface area contributed by atoms with Crippen LogP contribution in [-0.2, 0) is 0 Å². The molecule has 0 N–H and O–H groups in total. The van der Waals surface area contributed by atoms with Crippen molar-refractivity contribution in [3.8, 4) is 5.75 Å². The summed E-state index contributed by atoms with van der Waals surface area (Å²) in [4.78, 5) is 0. The predicted octanol–water partition coefficient (Wildman–Crippen LogP) is 4.71. The van der Waals surface area contributed by atoms with Crippen LogP contribution in [0, 0.1) is 0 Å². The number of halogens is 4. The Labute approximate surface area is 104 Å². The molecule has 2 unspecified atom stereocenters. The Kier molecular flexibility index (Phi) is 4.69. The molecule has 0 bridgehead atoms. The second-order valence-corrected chi connectivity index (χ2v) is 4.75. The van der Waals surface area contributed by atoms with E-state index < -0.39 is 6.36 Å². The van der Waals surface area contributed by atoms with E-state index in [-0.39, 0.29) is 17.0 Å². The molecule has 0 heterocycles. The van der Waals surface area contributed by atoms with E-state index in [0.29, 0.717) is 12.0 Å². The minimum Gasteiger partial charge on any atom is -0.405 e. The van der Waals surface area contributed by atoms with Gasteiger partial charge in [0.1, 0.15) is 5.75 Å². The Bertz CT molecular complexity index is 363. The predicted molar refractivity (Wildman–Crippen MR) is 61.5 cm³/mol. The molecule has 0 amide bonds. The molecule has 1 aromatic carbocycles. The van der Waals surface area contributed by atoms with Crippen molar-refractivity contribution in [2.45, 2.75) is 37.9 Å². The number of benzene rings is 1. The first kappa shape index (κ1) is 14.2. The first-order chi connectivity index (χ1) is 7.79. The monoisotopic (exact) mass is 266 g/mol. The van der Waals surface area contributed by atoms with Crippen molar-refractivity contribution < 1.29 is 17.9 Å². The highest BCUT2D eigenvalue weighted by Crippen LogP contribution is 2.33. The maximum atomic E-state index is 12.2. The summed E-state index contributed by atoms with van der Waals surface area (Å²) >= 11 is 5.84. The lowest BCUT2D eigenvalue weighted by Gasteiger charge is -2.18. The molecule has 17 heavy (non-hydrogen) atoms. The average Bonchev–Trinajstić information content (AvgIpc) is 2.14. The lowest BCUT2D eigenvalue weighted by Crippen LogP contribution is -2.18. The largest absolute Gasteiger partial charge is 0.573 e. The third kappa shape index (κ3) is 4.86. The van der Waals surface area contributed by atoms with Gasteiger partial charge in [-0.2, -0.15) is 0 Å². The molecular weight excluding hydrogens is 253 g/mol. The standard InChI is InChI=1S/C12H14ClF3O/c1-8(7-9(2)13)10-5-3-4-6-11(10)17-12(14,15)16/h3-6,8-9H,7H2,1-2H3. The van der Waals surface area contributed by atoms with Gasteiger partial charge in [-0.1, -0.05) is 25.1 Å². The van der Waals surface area contributed by atoms with Gasteiger partial charge in [-0.3, -0.25) is 0 Å². The highest BCUT2D eigenvalue weighted by molar-refractivity contribution is 6.20. The second kappa shape index (κ2) is 5.63. The van der Waals surface area contributed by atoms with Crippen LogP contribution < -0.4 is 4.74 Å². The fourth-order valence-corrected chi connectivity index (χ4v) is 1.99. The smallest absolute Gasteiger partial charge is 0.405 e. The highest BCUT2D eigenvalue weighted by Gasteiger charge is 2.32. The second-order valence-electron chi connectivity index (χ2n) is 4.00. The van der Waals surface area contributed by atoms with Gasteiger partial charge in [0.2, 0.25) is 0 Å². The molecule has 1 nitrogen and oxygen atoms in total. The summed E-state index contributed by atoms with van der Waals surface area (Å²) in [6.07, 6.45) is -4.07. The third-order valence-electron chi connectivity index (χ3n) is 2.35. The summed E-state index contributed by atoms with van der Waals surface area (Å²) in [5.74, 6) is -0.231. The summed E-state index contributed by atoms with van der Waals surface area (Å²) in [5, 5.41) is -0.0936. The van der Waals surface area contributed by atoms with E-state index in [1.807, 2.05) is 13.8 Å². The van der Waals surface area contributed by atoms with E-state index >= 15 is 0 Å². The molecule has 1 rings (SSSR count). The zero-order valence-corrected chi connectivity index (χ0v) is 10.3. The fraction of sp³-hybridized carbons (Fsp3) is 0.500. The van der Waals surface area contributed by atoms with Gasteiger partial charge in [0, 0.05) is 5.38 Å². The van der Waals surface area contributed by atoms with Crippen LogP contribution >= 0.6 is 11.6 Å². The van der Waals surface area contributed by atoms with Gasteiger partial charge in [0.15, 0.2) is 0 Å². The summed E-state index contributed by atoms with van der Waals surface area (Å²) in [6.45, 7) is 3.64. The number of para-hydroxylation sites is 1. The quantitative estimate of drug-likeness (QED) is 0.718. The Morgan fingerprint density at radius 3 is 2.35 bits per heavy atom. The average molecular weight is 267 g/mol. The zero-order chi connectivity index (χ0) is 13.1. The molecule has 0 saturated heterocycles. The summed E-state index contributed by atoms with van der Waals surface area (Å²) in [6, 6.07) is 6.15. The fourth-order valence-electron chi connectivity index (χ4n) is 1.72.